The molecule has 2 N–H and O–H groups in total. The standard InChI is InChI=1S/C28H32N2O4/c1-3-5-9-17-34-20-14-12-19(13-15-20)26(31)24-25(30(16-6-4-2)28(33)27(24)32)22-18-29-23-11-8-7-10-21(22)23/h7-8,10-15,18,25,29,31H,3-6,9,16-17H2,1-2H3/b26-24+. The molecular weight excluding hydrogens is 428 g/mol. The van der Waals surface area contributed by atoms with Crippen molar-refractivity contribution < 1.29 is 19.4 Å². The Kier molecular flexibility index (Phi) is 7.36. The molecule has 3 aromatic rings. The summed E-state index contributed by atoms with van der Waals surface area (Å²) in [7, 11) is 0. The molecule has 0 saturated carbocycles. The first kappa shape index (κ1) is 23.6. The second-order valence-corrected chi connectivity index (χ2v) is 8.72. The normalized spacial score (nSPS) is 17.6. The van der Waals surface area contributed by atoms with Gasteiger partial charge in [0, 0.05) is 34.8 Å². The number of aromatic amines is 1. The van der Waals surface area contributed by atoms with Gasteiger partial charge in [-0.05, 0) is 43.2 Å². The van der Waals surface area contributed by atoms with Crippen LogP contribution in [0.2, 0.25) is 0 Å². The third kappa shape index (κ3) is 4.58. The summed E-state index contributed by atoms with van der Waals surface area (Å²) in [6.45, 7) is 5.28. The van der Waals surface area contributed by atoms with Gasteiger partial charge in [0.05, 0.1) is 18.2 Å². The van der Waals surface area contributed by atoms with Crippen molar-refractivity contribution in [3.63, 3.8) is 0 Å². The quantitative estimate of drug-likeness (QED) is 0.169. The lowest BCUT2D eigenvalue weighted by atomic mass is 9.95. The number of amides is 1. The van der Waals surface area contributed by atoms with E-state index in [1.54, 1.807) is 29.2 Å². The fraction of sp³-hybridized carbons (Fsp3) is 0.357. The van der Waals surface area contributed by atoms with Gasteiger partial charge in [-0.25, -0.2) is 0 Å². The largest absolute Gasteiger partial charge is 0.507 e. The lowest BCUT2D eigenvalue weighted by molar-refractivity contribution is -0.139. The minimum atomic E-state index is -0.649. The van der Waals surface area contributed by atoms with Gasteiger partial charge < -0.3 is 19.7 Å². The fourth-order valence-electron chi connectivity index (χ4n) is 4.49. The molecule has 1 atom stereocenters. The van der Waals surface area contributed by atoms with E-state index in [1.807, 2.05) is 37.4 Å². The molecule has 2 aromatic carbocycles. The average molecular weight is 461 g/mol. The molecule has 2 heterocycles. The molecule has 0 aliphatic carbocycles. The topological polar surface area (TPSA) is 82.6 Å². The molecule has 1 amide bonds. The number of para-hydroxylation sites is 1. The Hall–Kier alpha value is -3.54. The first-order valence-corrected chi connectivity index (χ1v) is 12.1. The molecule has 1 aliphatic rings. The van der Waals surface area contributed by atoms with Gasteiger partial charge in [0.1, 0.15) is 11.5 Å². The summed E-state index contributed by atoms with van der Waals surface area (Å²) in [5.41, 5.74) is 2.34. The number of hydrogen-bond donors (Lipinski definition) is 2. The summed E-state index contributed by atoms with van der Waals surface area (Å²) in [6.07, 6.45) is 6.73. The molecule has 6 nitrogen and oxygen atoms in total. The molecule has 6 heteroatoms. The van der Waals surface area contributed by atoms with Crippen molar-refractivity contribution in [2.45, 2.75) is 52.0 Å². The maximum absolute atomic E-state index is 13.2. The molecule has 1 saturated heterocycles. The number of aliphatic hydroxyl groups is 1. The molecule has 0 bridgehead atoms. The number of hydrogen-bond acceptors (Lipinski definition) is 4. The van der Waals surface area contributed by atoms with Crippen LogP contribution in [0.4, 0.5) is 0 Å². The van der Waals surface area contributed by atoms with Gasteiger partial charge in [0.25, 0.3) is 11.7 Å². The van der Waals surface area contributed by atoms with E-state index < -0.39 is 17.7 Å². The molecule has 1 aromatic heterocycles. The van der Waals surface area contributed by atoms with Crippen LogP contribution >= 0.6 is 0 Å². The molecule has 178 valence electrons. The maximum Gasteiger partial charge on any atom is 0.295 e. The number of ether oxygens (including phenoxy) is 1. The maximum atomic E-state index is 13.2. The second-order valence-electron chi connectivity index (χ2n) is 8.72. The highest BCUT2D eigenvalue weighted by Crippen LogP contribution is 2.42. The van der Waals surface area contributed by atoms with Gasteiger partial charge in [-0.1, -0.05) is 51.3 Å². The number of ketones is 1. The number of fused-ring (bicyclic) bond motifs is 1. The minimum absolute atomic E-state index is 0.127. The highest BCUT2D eigenvalue weighted by Gasteiger charge is 2.46. The van der Waals surface area contributed by atoms with Gasteiger partial charge >= 0.3 is 0 Å². The molecular formula is C28H32N2O4. The van der Waals surface area contributed by atoms with Gasteiger partial charge in [-0.3, -0.25) is 9.59 Å². The lowest BCUT2D eigenvalue weighted by Gasteiger charge is -2.24. The first-order valence-electron chi connectivity index (χ1n) is 12.1. The Balaban J connectivity index is 1.72. The van der Waals surface area contributed by atoms with Gasteiger partial charge in [-0.15, -0.1) is 0 Å². The summed E-state index contributed by atoms with van der Waals surface area (Å²) in [5, 5.41) is 12.2. The lowest BCUT2D eigenvalue weighted by Crippen LogP contribution is -2.30. The van der Waals surface area contributed by atoms with Crippen molar-refractivity contribution in [2.24, 2.45) is 0 Å². The molecule has 0 spiro atoms. The number of aliphatic hydroxyl groups excluding tert-OH is 1. The number of unbranched alkanes of at least 4 members (excludes halogenated alkanes) is 3. The summed E-state index contributed by atoms with van der Waals surface area (Å²) >= 11 is 0. The number of rotatable bonds is 10. The summed E-state index contributed by atoms with van der Waals surface area (Å²) in [4.78, 5) is 31.0. The number of carbonyl (C=O) groups is 2. The zero-order chi connectivity index (χ0) is 24.1. The molecule has 4 rings (SSSR count). The SMILES string of the molecule is CCCCCOc1ccc(/C(O)=C2\C(=O)C(=O)N(CCCC)C2c2c[nH]c3ccccc23)cc1. The van der Waals surface area contributed by atoms with Gasteiger partial charge in [-0.2, -0.15) is 0 Å². The Bertz CT molecular complexity index is 1190. The molecule has 1 fully saturated rings. The number of nitrogens with zero attached hydrogens (tertiary/aromatic N) is 1. The minimum Gasteiger partial charge on any atom is -0.507 e. The monoisotopic (exact) mass is 460 g/mol. The zero-order valence-corrected chi connectivity index (χ0v) is 19.8. The van der Waals surface area contributed by atoms with Gasteiger partial charge in [0.2, 0.25) is 0 Å². The van der Waals surface area contributed by atoms with Crippen LogP contribution in [0.25, 0.3) is 16.7 Å². The van der Waals surface area contributed by atoms with Crippen LogP contribution in [0.15, 0.2) is 60.3 Å². The Labute approximate surface area is 200 Å². The first-order chi connectivity index (χ1) is 16.6. The number of Topliss-reactive ketones (excluding diaryl/α,β-unsaturated/α-hetero) is 1. The third-order valence-electron chi connectivity index (χ3n) is 6.35. The van der Waals surface area contributed by atoms with E-state index >= 15 is 0 Å². The van der Waals surface area contributed by atoms with Crippen molar-refractivity contribution >= 4 is 28.4 Å². The van der Waals surface area contributed by atoms with E-state index in [9.17, 15) is 14.7 Å². The summed E-state index contributed by atoms with van der Waals surface area (Å²) in [5.74, 6) is -0.667. The zero-order valence-electron chi connectivity index (χ0n) is 19.8. The van der Waals surface area contributed by atoms with E-state index in [0.717, 1.165) is 48.6 Å². The van der Waals surface area contributed by atoms with Crippen LogP contribution in [0, 0.1) is 0 Å². The Morgan fingerprint density at radius 2 is 1.74 bits per heavy atom. The van der Waals surface area contributed by atoms with Crippen LogP contribution in [-0.4, -0.2) is 39.8 Å². The van der Waals surface area contributed by atoms with Crippen LogP contribution < -0.4 is 4.74 Å². The Morgan fingerprint density at radius 1 is 1.00 bits per heavy atom. The van der Waals surface area contributed by atoms with Crippen molar-refractivity contribution in [1.82, 2.24) is 9.88 Å². The van der Waals surface area contributed by atoms with Crippen LogP contribution in [0.5, 0.6) is 5.75 Å². The Morgan fingerprint density at radius 3 is 2.47 bits per heavy atom. The van der Waals surface area contributed by atoms with Crippen molar-refractivity contribution in [1.29, 1.82) is 0 Å². The molecule has 1 unspecified atom stereocenters. The average Bonchev–Trinajstić information content (AvgIpc) is 3.39. The molecule has 1 aliphatic heterocycles. The van der Waals surface area contributed by atoms with E-state index in [0.29, 0.717) is 24.5 Å². The number of H-pyrrole nitrogens is 1. The number of benzene rings is 2. The van der Waals surface area contributed by atoms with Crippen LogP contribution in [-0.2, 0) is 9.59 Å². The summed E-state index contributed by atoms with van der Waals surface area (Å²) in [6, 6.07) is 14.2. The van der Waals surface area contributed by atoms with Crippen LogP contribution in [0.3, 0.4) is 0 Å². The van der Waals surface area contributed by atoms with Crippen molar-refractivity contribution in [3.05, 3.63) is 71.4 Å². The fourth-order valence-corrected chi connectivity index (χ4v) is 4.49. The number of aromatic nitrogens is 1. The third-order valence-corrected chi connectivity index (χ3v) is 6.35. The number of nitrogens with one attached hydrogen (secondary N) is 1. The number of carbonyl (C=O) groups excluding carboxylic acids is 2. The number of likely N-dealkylation sites (tertiary alicyclic amines) is 1. The smallest absolute Gasteiger partial charge is 0.295 e. The van der Waals surface area contributed by atoms with E-state index in [1.165, 1.54) is 0 Å². The second kappa shape index (κ2) is 10.6. The van der Waals surface area contributed by atoms with E-state index in [2.05, 4.69) is 11.9 Å². The highest BCUT2D eigenvalue weighted by molar-refractivity contribution is 6.46. The molecule has 0 radical (unpaired) electrons. The van der Waals surface area contributed by atoms with Crippen LogP contribution in [0.1, 0.15) is 63.1 Å². The highest BCUT2D eigenvalue weighted by atomic mass is 16.5. The predicted molar refractivity (Wildman–Crippen MR) is 134 cm³/mol. The van der Waals surface area contributed by atoms with Crippen molar-refractivity contribution in [2.75, 3.05) is 13.2 Å². The predicted octanol–water partition coefficient (Wildman–Crippen LogP) is 5.96. The summed E-state index contributed by atoms with van der Waals surface area (Å²) < 4.78 is 5.76. The van der Waals surface area contributed by atoms with E-state index in [4.69, 9.17) is 4.74 Å². The van der Waals surface area contributed by atoms with Crippen molar-refractivity contribution in [3.8, 4) is 5.75 Å². The van der Waals surface area contributed by atoms with Gasteiger partial charge in [0.15, 0.2) is 0 Å². The van der Waals surface area contributed by atoms with E-state index in [-0.39, 0.29) is 11.3 Å². The molecule has 34 heavy (non-hydrogen) atoms.